The molecule has 0 amide bonds. The number of likely N-dealkylation sites (N-methyl/N-ethyl adjacent to an activating group) is 1. The fraction of sp³-hybridized carbons (Fsp3) is 0.647. The van der Waals surface area contributed by atoms with Crippen molar-refractivity contribution >= 4 is 0 Å². The van der Waals surface area contributed by atoms with E-state index in [0.29, 0.717) is 12.1 Å². The van der Waals surface area contributed by atoms with Crippen LogP contribution in [0.25, 0.3) is 0 Å². The van der Waals surface area contributed by atoms with Crippen LogP contribution in [-0.4, -0.2) is 37.7 Å². The molecular weight excluding hydrogens is 248 g/mol. The standard InChI is InChI=1S/C17H30N2O/c1-6-12-18-17(7-2)14(3)19(4)13-15-8-10-16(20-5)11-9-15/h8-11,14,17-18H,6-7,12-13H2,1-5H3. The van der Waals surface area contributed by atoms with Crippen molar-refractivity contribution < 1.29 is 4.74 Å². The maximum atomic E-state index is 5.20. The first-order chi connectivity index (χ1) is 9.62. The van der Waals surface area contributed by atoms with E-state index in [2.05, 4.69) is 50.2 Å². The van der Waals surface area contributed by atoms with Crippen molar-refractivity contribution in [2.75, 3.05) is 20.7 Å². The second kappa shape index (κ2) is 8.98. The molecule has 1 aromatic rings. The van der Waals surface area contributed by atoms with Gasteiger partial charge in [-0.25, -0.2) is 0 Å². The number of benzene rings is 1. The van der Waals surface area contributed by atoms with Gasteiger partial charge < -0.3 is 10.1 Å². The molecule has 20 heavy (non-hydrogen) atoms. The van der Waals surface area contributed by atoms with Crippen LogP contribution < -0.4 is 10.1 Å². The quantitative estimate of drug-likeness (QED) is 0.750. The topological polar surface area (TPSA) is 24.5 Å². The summed E-state index contributed by atoms with van der Waals surface area (Å²) in [5, 5.41) is 3.64. The maximum absolute atomic E-state index is 5.20. The number of nitrogens with zero attached hydrogens (tertiary/aromatic N) is 1. The van der Waals surface area contributed by atoms with E-state index < -0.39 is 0 Å². The van der Waals surface area contributed by atoms with Crippen LogP contribution in [0.2, 0.25) is 0 Å². The Labute approximate surface area is 124 Å². The second-order valence-electron chi connectivity index (χ2n) is 5.47. The van der Waals surface area contributed by atoms with Gasteiger partial charge in [-0.05, 0) is 51.1 Å². The van der Waals surface area contributed by atoms with E-state index in [1.54, 1.807) is 7.11 Å². The number of hydrogen-bond donors (Lipinski definition) is 1. The summed E-state index contributed by atoms with van der Waals surface area (Å²) >= 11 is 0. The predicted molar refractivity (Wildman–Crippen MR) is 86.3 cm³/mol. The molecule has 0 saturated heterocycles. The summed E-state index contributed by atoms with van der Waals surface area (Å²) in [4.78, 5) is 2.42. The fourth-order valence-electron chi connectivity index (χ4n) is 2.46. The molecule has 3 nitrogen and oxygen atoms in total. The highest BCUT2D eigenvalue weighted by atomic mass is 16.5. The molecule has 0 heterocycles. The van der Waals surface area contributed by atoms with E-state index in [1.165, 1.54) is 12.0 Å². The van der Waals surface area contributed by atoms with Gasteiger partial charge in [0.05, 0.1) is 7.11 Å². The van der Waals surface area contributed by atoms with Crippen LogP contribution in [0.5, 0.6) is 5.75 Å². The predicted octanol–water partition coefficient (Wildman–Crippen LogP) is 3.29. The Balaban J connectivity index is 2.56. The first-order valence-electron chi connectivity index (χ1n) is 7.68. The Kier molecular flexibility index (Phi) is 7.63. The number of ether oxygens (including phenoxy) is 1. The third kappa shape index (κ3) is 5.14. The normalized spacial score (nSPS) is 14.3. The summed E-state index contributed by atoms with van der Waals surface area (Å²) in [7, 11) is 3.90. The molecule has 0 bridgehead atoms. The van der Waals surface area contributed by atoms with Crippen LogP contribution in [0, 0.1) is 0 Å². The van der Waals surface area contributed by atoms with Crippen LogP contribution >= 0.6 is 0 Å². The SMILES string of the molecule is CCCNC(CC)C(C)N(C)Cc1ccc(OC)cc1. The van der Waals surface area contributed by atoms with E-state index in [0.717, 1.165) is 25.3 Å². The number of hydrogen-bond acceptors (Lipinski definition) is 3. The highest BCUT2D eigenvalue weighted by molar-refractivity contribution is 5.27. The summed E-state index contributed by atoms with van der Waals surface area (Å²) in [5.41, 5.74) is 1.32. The molecule has 0 radical (unpaired) electrons. The van der Waals surface area contributed by atoms with E-state index in [1.807, 2.05) is 12.1 Å². The maximum Gasteiger partial charge on any atom is 0.118 e. The summed E-state index contributed by atoms with van der Waals surface area (Å²) in [6.07, 6.45) is 2.35. The third-order valence-electron chi connectivity index (χ3n) is 3.96. The number of methoxy groups -OCH3 is 1. The summed E-state index contributed by atoms with van der Waals surface area (Å²) in [6.45, 7) is 8.84. The summed E-state index contributed by atoms with van der Waals surface area (Å²) < 4.78 is 5.20. The molecule has 0 saturated carbocycles. The molecular formula is C17H30N2O. The molecule has 0 aliphatic heterocycles. The molecule has 1 rings (SSSR count). The van der Waals surface area contributed by atoms with Gasteiger partial charge >= 0.3 is 0 Å². The average Bonchev–Trinajstić information content (AvgIpc) is 2.48. The van der Waals surface area contributed by atoms with Crippen molar-refractivity contribution in [1.29, 1.82) is 0 Å². The van der Waals surface area contributed by atoms with Gasteiger partial charge in [-0.15, -0.1) is 0 Å². The van der Waals surface area contributed by atoms with Crippen molar-refractivity contribution in [2.45, 2.75) is 52.2 Å². The second-order valence-corrected chi connectivity index (χ2v) is 5.47. The lowest BCUT2D eigenvalue weighted by Crippen LogP contribution is -2.46. The minimum Gasteiger partial charge on any atom is -0.497 e. The Morgan fingerprint density at radius 2 is 1.85 bits per heavy atom. The molecule has 114 valence electrons. The van der Waals surface area contributed by atoms with Crippen molar-refractivity contribution in [3.63, 3.8) is 0 Å². The number of rotatable bonds is 9. The molecule has 0 aliphatic carbocycles. The molecule has 0 aliphatic rings. The van der Waals surface area contributed by atoms with Crippen molar-refractivity contribution in [3.8, 4) is 5.75 Å². The molecule has 2 unspecified atom stereocenters. The molecule has 0 spiro atoms. The number of nitrogens with one attached hydrogen (secondary N) is 1. The molecule has 1 aromatic carbocycles. The van der Waals surface area contributed by atoms with E-state index in [-0.39, 0.29) is 0 Å². The van der Waals surface area contributed by atoms with Gasteiger partial charge in [0.15, 0.2) is 0 Å². The highest BCUT2D eigenvalue weighted by Crippen LogP contribution is 2.15. The zero-order chi connectivity index (χ0) is 15.0. The lowest BCUT2D eigenvalue weighted by atomic mass is 10.0. The smallest absolute Gasteiger partial charge is 0.118 e. The van der Waals surface area contributed by atoms with Gasteiger partial charge in [0.25, 0.3) is 0 Å². The minimum atomic E-state index is 0.522. The van der Waals surface area contributed by atoms with Crippen molar-refractivity contribution in [1.82, 2.24) is 10.2 Å². The van der Waals surface area contributed by atoms with E-state index in [4.69, 9.17) is 4.74 Å². The molecule has 2 atom stereocenters. The van der Waals surface area contributed by atoms with Crippen LogP contribution in [0.3, 0.4) is 0 Å². The molecule has 0 aromatic heterocycles. The molecule has 1 N–H and O–H groups in total. The van der Waals surface area contributed by atoms with Crippen LogP contribution in [0.1, 0.15) is 39.2 Å². The average molecular weight is 278 g/mol. The van der Waals surface area contributed by atoms with Gasteiger partial charge in [-0.3, -0.25) is 4.90 Å². The van der Waals surface area contributed by atoms with Crippen LogP contribution in [0.15, 0.2) is 24.3 Å². The largest absolute Gasteiger partial charge is 0.497 e. The van der Waals surface area contributed by atoms with Crippen LogP contribution in [0.4, 0.5) is 0 Å². The highest BCUT2D eigenvalue weighted by Gasteiger charge is 2.18. The summed E-state index contributed by atoms with van der Waals surface area (Å²) in [6, 6.07) is 9.41. The van der Waals surface area contributed by atoms with E-state index in [9.17, 15) is 0 Å². The Morgan fingerprint density at radius 3 is 2.35 bits per heavy atom. The van der Waals surface area contributed by atoms with E-state index >= 15 is 0 Å². The Hall–Kier alpha value is -1.06. The van der Waals surface area contributed by atoms with Gasteiger partial charge in [-0.1, -0.05) is 26.0 Å². The first kappa shape index (κ1) is 17.0. The molecule has 3 heteroatoms. The fourth-order valence-corrected chi connectivity index (χ4v) is 2.46. The van der Waals surface area contributed by atoms with Gasteiger partial charge in [0.1, 0.15) is 5.75 Å². The Morgan fingerprint density at radius 1 is 1.20 bits per heavy atom. The van der Waals surface area contributed by atoms with Gasteiger partial charge in [0, 0.05) is 18.6 Å². The Bertz CT molecular complexity index is 364. The monoisotopic (exact) mass is 278 g/mol. The van der Waals surface area contributed by atoms with Crippen LogP contribution in [-0.2, 0) is 6.54 Å². The van der Waals surface area contributed by atoms with Gasteiger partial charge in [-0.2, -0.15) is 0 Å². The van der Waals surface area contributed by atoms with Crippen molar-refractivity contribution in [2.24, 2.45) is 0 Å². The zero-order valence-corrected chi connectivity index (χ0v) is 13.6. The molecule has 0 fully saturated rings. The lowest BCUT2D eigenvalue weighted by Gasteiger charge is -2.32. The lowest BCUT2D eigenvalue weighted by molar-refractivity contribution is 0.195. The minimum absolute atomic E-state index is 0.522. The third-order valence-corrected chi connectivity index (χ3v) is 3.96. The van der Waals surface area contributed by atoms with Gasteiger partial charge in [0.2, 0.25) is 0 Å². The zero-order valence-electron chi connectivity index (χ0n) is 13.6. The first-order valence-corrected chi connectivity index (χ1v) is 7.68. The summed E-state index contributed by atoms with van der Waals surface area (Å²) in [5.74, 6) is 0.917. The van der Waals surface area contributed by atoms with Crippen molar-refractivity contribution in [3.05, 3.63) is 29.8 Å².